The first kappa shape index (κ1) is 51.7. The normalized spacial score (nSPS) is 14.3. The molecule has 0 bridgehead atoms. The van der Waals surface area contributed by atoms with Crippen molar-refractivity contribution in [3.05, 3.63) is 60.8 Å². The molecular weight excluding hydrogens is 701 g/mol. The van der Waals surface area contributed by atoms with Gasteiger partial charge in [0.1, 0.15) is 19.8 Å². The Kier molecular flexibility index (Phi) is 34.8. The summed E-state index contributed by atoms with van der Waals surface area (Å²) >= 11 is 0. The van der Waals surface area contributed by atoms with Gasteiger partial charge in [0.25, 0.3) is 7.82 Å². The molecule has 0 aliphatic carbocycles. The molecule has 0 amide bonds. The predicted molar refractivity (Wildman–Crippen MR) is 222 cm³/mol. The monoisotopic (exact) mass is 780 g/mol. The fourth-order valence-electron chi connectivity index (χ4n) is 5.27. The van der Waals surface area contributed by atoms with Gasteiger partial charge in [0.2, 0.25) is 0 Å². The number of carbonyl (C=O) groups is 2. The number of esters is 2. The van der Waals surface area contributed by atoms with Crippen LogP contribution in [-0.4, -0.2) is 70.0 Å². The van der Waals surface area contributed by atoms with E-state index in [0.29, 0.717) is 17.4 Å². The molecule has 0 saturated carbocycles. The molecule has 0 saturated heterocycles. The van der Waals surface area contributed by atoms with Crippen LogP contribution >= 0.6 is 7.82 Å². The van der Waals surface area contributed by atoms with Crippen molar-refractivity contribution in [1.82, 2.24) is 0 Å². The van der Waals surface area contributed by atoms with Crippen LogP contribution in [0.5, 0.6) is 0 Å². The summed E-state index contributed by atoms with van der Waals surface area (Å²) in [5.41, 5.74) is 0. The first-order chi connectivity index (χ1) is 26.0. The average Bonchev–Trinajstić information content (AvgIpc) is 3.12. The maximum atomic E-state index is 12.5. The standard InChI is InChI=1S/C44H78NO8P/c1-6-8-10-12-14-16-18-20-22-24-26-28-30-32-34-36-43(46)50-40-42(41-52-54(48,49)51-39-38-45(3,4)5)53-44(47)37-35-33-31-29-27-25-23-21-19-17-15-13-11-9-7-2/h14,16,20,22,26,28,31,33,35,37,42H,6-13,15,17-19,21,23-25,27,29-30,32,34,36,38-41H2,1-5H3/b16-14+,22-20+,28-26+,33-31+,37-35+/t42-/m1/s1. The number of quaternary nitrogens is 1. The average molecular weight is 780 g/mol. The van der Waals surface area contributed by atoms with Crippen LogP contribution in [0, 0.1) is 0 Å². The minimum Gasteiger partial charge on any atom is -0.756 e. The van der Waals surface area contributed by atoms with Crippen LogP contribution in [0.1, 0.15) is 155 Å². The first-order valence-electron chi connectivity index (χ1n) is 21.0. The zero-order valence-electron chi connectivity index (χ0n) is 34.9. The van der Waals surface area contributed by atoms with E-state index in [1.807, 2.05) is 27.2 Å². The van der Waals surface area contributed by atoms with Gasteiger partial charge < -0.3 is 27.9 Å². The van der Waals surface area contributed by atoms with Gasteiger partial charge in [-0.3, -0.25) is 9.36 Å². The molecule has 0 aromatic heterocycles. The number of phosphoric ester groups is 1. The number of ether oxygens (including phenoxy) is 2. The van der Waals surface area contributed by atoms with Gasteiger partial charge in [-0.1, -0.05) is 146 Å². The van der Waals surface area contributed by atoms with Crippen molar-refractivity contribution in [1.29, 1.82) is 0 Å². The van der Waals surface area contributed by atoms with Crippen LogP contribution in [0.4, 0.5) is 0 Å². The number of carbonyl (C=O) groups excluding carboxylic acids is 2. The Morgan fingerprint density at radius 3 is 1.72 bits per heavy atom. The second-order valence-electron chi connectivity index (χ2n) is 15.1. The summed E-state index contributed by atoms with van der Waals surface area (Å²) in [6.07, 6.45) is 43.1. The summed E-state index contributed by atoms with van der Waals surface area (Å²) in [6, 6.07) is 0. The Bertz CT molecular complexity index is 1110. The Hall–Kier alpha value is -2.29. The number of unbranched alkanes of at least 4 members (excludes halogenated alkanes) is 16. The van der Waals surface area contributed by atoms with Gasteiger partial charge in [-0.05, 0) is 57.8 Å². The summed E-state index contributed by atoms with van der Waals surface area (Å²) in [5.74, 6) is -1.14. The number of hydrogen-bond acceptors (Lipinski definition) is 8. The molecule has 0 aliphatic rings. The van der Waals surface area contributed by atoms with Gasteiger partial charge in [-0.2, -0.15) is 0 Å². The number of allylic oxidation sites excluding steroid dienone is 9. The fourth-order valence-corrected chi connectivity index (χ4v) is 6.00. The maximum absolute atomic E-state index is 12.5. The highest BCUT2D eigenvalue weighted by Gasteiger charge is 2.21. The second kappa shape index (κ2) is 36.4. The number of rotatable bonds is 37. The number of hydrogen-bond donors (Lipinski definition) is 0. The van der Waals surface area contributed by atoms with Gasteiger partial charge in [0, 0.05) is 12.5 Å². The minimum atomic E-state index is -4.66. The van der Waals surface area contributed by atoms with E-state index < -0.39 is 32.5 Å². The zero-order chi connectivity index (χ0) is 40.0. The number of phosphoric acid groups is 1. The van der Waals surface area contributed by atoms with E-state index in [1.165, 1.54) is 89.5 Å². The van der Waals surface area contributed by atoms with Crippen molar-refractivity contribution in [2.24, 2.45) is 0 Å². The molecule has 0 radical (unpaired) electrons. The van der Waals surface area contributed by atoms with E-state index in [9.17, 15) is 19.0 Å². The molecule has 0 heterocycles. The Morgan fingerprint density at radius 1 is 0.630 bits per heavy atom. The van der Waals surface area contributed by atoms with Crippen molar-refractivity contribution in [3.63, 3.8) is 0 Å². The lowest BCUT2D eigenvalue weighted by Gasteiger charge is -2.28. The lowest BCUT2D eigenvalue weighted by atomic mass is 10.1. The summed E-state index contributed by atoms with van der Waals surface area (Å²) < 4.78 is 33.6. The molecule has 0 aromatic carbocycles. The van der Waals surface area contributed by atoms with Crippen molar-refractivity contribution in [2.45, 2.75) is 161 Å². The van der Waals surface area contributed by atoms with E-state index in [-0.39, 0.29) is 19.6 Å². The van der Waals surface area contributed by atoms with Crippen molar-refractivity contribution >= 4 is 19.8 Å². The molecule has 0 aromatic rings. The molecule has 0 aliphatic heterocycles. The molecule has 0 fully saturated rings. The highest BCUT2D eigenvalue weighted by atomic mass is 31.2. The summed E-state index contributed by atoms with van der Waals surface area (Å²) in [5, 5.41) is 0. The van der Waals surface area contributed by atoms with E-state index in [4.69, 9.17) is 18.5 Å². The van der Waals surface area contributed by atoms with Crippen LogP contribution < -0.4 is 4.89 Å². The summed E-state index contributed by atoms with van der Waals surface area (Å²) in [6.45, 7) is 4.01. The molecular formula is C44H78NO8P. The van der Waals surface area contributed by atoms with Crippen molar-refractivity contribution in [2.75, 3.05) is 47.5 Å². The second-order valence-corrected chi connectivity index (χ2v) is 16.5. The molecule has 54 heavy (non-hydrogen) atoms. The SMILES string of the molecule is CCCCC/C=C/C/C=C/C/C=C/CCCCC(=O)OC[C@H](COP(=O)([O-])OCC[N+](C)(C)C)OC(=O)/C=C/C=C/CCCCCCCCCCCCC. The maximum Gasteiger partial charge on any atom is 0.331 e. The van der Waals surface area contributed by atoms with Gasteiger partial charge >= 0.3 is 11.9 Å². The van der Waals surface area contributed by atoms with Crippen molar-refractivity contribution in [3.8, 4) is 0 Å². The third-order valence-corrected chi connectivity index (χ3v) is 9.58. The Labute approximate surface area is 330 Å². The lowest BCUT2D eigenvalue weighted by Crippen LogP contribution is -2.37. The molecule has 0 N–H and O–H groups in total. The van der Waals surface area contributed by atoms with Crippen LogP contribution in [0.15, 0.2) is 60.8 Å². The molecule has 312 valence electrons. The highest BCUT2D eigenvalue weighted by molar-refractivity contribution is 7.45. The van der Waals surface area contributed by atoms with Crippen LogP contribution in [0.2, 0.25) is 0 Å². The smallest absolute Gasteiger partial charge is 0.331 e. The van der Waals surface area contributed by atoms with Gasteiger partial charge in [-0.25, -0.2) is 4.79 Å². The number of likely N-dealkylation sites (N-methyl/N-ethyl adjacent to an activating group) is 1. The molecule has 0 spiro atoms. The van der Waals surface area contributed by atoms with Crippen molar-refractivity contribution < 1.29 is 42.1 Å². The molecule has 0 rings (SSSR count). The topological polar surface area (TPSA) is 111 Å². The molecule has 1 unspecified atom stereocenters. The van der Waals surface area contributed by atoms with Gasteiger partial charge in [0.05, 0.1) is 27.7 Å². The molecule has 10 heteroatoms. The Balaban J connectivity index is 4.57. The first-order valence-corrected chi connectivity index (χ1v) is 22.5. The number of nitrogens with zero attached hydrogens (tertiary/aromatic N) is 1. The Morgan fingerprint density at radius 2 is 1.13 bits per heavy atom. The van der Waals surface area contributed by atoms with Crippen LogP contribution in [-0.2, 0) is 32.7 Å². The van der Waals surface area contributed by atoms with E-state index in [2.05, 4.69) is 50.3 Å². The van der Waals surface area contributed by atoms with Crippen LogP contribution in [0.3, 0.4) is 0 Å². The highest BCUT2D eigenvalue weighted by Crippen LogP contribution is 2.38. The van der Waals surface area contributed by atoms with E-state index in [1.54, 1.807) is 12.2 Å². The summed E-state index contributed by atoms with van der Waals surface area (Å²) in [4.78, 5) is 37.3. The molecule has 2 atom stereocenters. The van der Waals surface area contributed by atoms with E-state index in [0.717, 1.165) is 44.9 Å². The van der Waals surface area contributed by atoms with Crippen LogP contribution in [0.25, 0.3) is 0 Å². The quantitative estimate of drug-likeness (QED) is 0.0117. The fraction of sp³-hybridized carbons (Fsp3) is 0.727. The third kappa shape index (κ3) is 39.4. The predicted octanol–water partition coefficient (Wildman–Crippen LogP) is 11.1. The lowest BCUT2D eigenvalue weighted by molar-refractivity contribution is -0.870. The van der Waals surface area contributed by atoms with E-state index >= 15 is 0 Å². The summed E-state index contributed by atoms with van der Waals surface area (Å²) in [7, 11) is 1.08. The third-order valence-electron chi connectivity index (χ3n) is 8.62. The van der Waals surface area contributed by atoms with Gasteiger partial charge in [0.15, 0.2) is 6.10 Å². The minimum absolute atomic E-state index is 0.0548. The largest absolute Gasteiger partial charge is 0.756 e. The molecule has 9 nitrogen and oxygen atoms in total. The zero-order valence-corrected chi connectivity index (χ0v) is 35.8. The van der Waals surface area contributed by atoms with Gasteiger partial charge in [-0.15, -0.1) is 0 Å².